The zero-order valence-corrected chi connectivity index (χ0v) is 11.5. The van der Waals surface area contributed by atoms with E-state index in [-0.39, 0.29) is 17.8 Å². The Labute approximate surface area is 113 Å². The van der Waals surface area contributed by atoms with Crippen molar-refractivity contribution in [2.75, 3.05) is 19.6 Å². The van der Waals surface area contributed by atoms with E-state index in [9.17, 15) is 4.79 Å². The molecular formula is C9H10Cl3NO2S. The monoisotopic (exact) mass is 301 g/mol. The summed E-state index contributed by atoms with van der Waals surface area (Å²) in [6.07, 6.45) is 0. The number of carbonyl (C=O) groups excluding carboxylic acids is 1. The first-order valence-corrected chi connectivity index (χ1v) is 6.49. The molecule has 1 atom stereocenters. The highest BCUT2D eigenvalue weighted by atomic mass is 35.5. The number of ether oxygens (including phenoxy) is 1. The van der Waals surface area contributed by atoms with Crippen LogP contribution in [-0.2, 0) is 4.74 Å². The summed E-state index contributed by atoms with van der Waals surface area (Å²) >= 11 is 18.4. The van der Waals surface area contributed by atoms with Crippen molar-refractivity contribution in [2.24, 2.45) is 0 Å². The molecule has 3 nitrogen and oxygen atoms in total. The molecule has 0 saturated heterocycles. The minimum absolute atomic E-state index is 0.242. The molecule has 0 saturated carbocycles. The van der Waals surface area contributed by atoms with Gasteiger partial charge in [-0.3, -0.25) is 4.79 Å². The fourth-order valence-corrected chi connectivity index (χ4v) is 2.71. The van der Waals surface area contributed by atoms with Crippen LogP contribution in [0.1, 0.15) is 10.4 Å². The van der Waals surface area contributed by atoms with Crippen LogP contribution in [0.3, 0.4) is 0 Å². The largest absolute Gasteiger partial charge is 0.383 e. The molecule has 0 spiro atoms. The second-order valence-electron chi connectivity index (χ2n) is 3.02. The lowest BCUT2D eigenvalue weighted by Crippen LogP contribution is -2.39. The van der Waals surface area contributed by atoms with E-state index in [1.54, 1.807) is 7.11 Å². The van der Waals surface area contributed by atoms with Gasteiger partial charge in [-0.15, -0.1) is 22.9 Å². The highest BCUT2D eigenvalue weighted by molar-refractivity contribution is 7.20. The van der Waals surface area contributed by atoms with Crippen molar-refractivity contribution in [2.45, 2.75) is 6.04 Å². The third-order valence-electron chi connectivity index (χ3n) is 1.79. The fourth-order valence-electron chi connectivity index (χ4n) is 1.08. The van der Waals surface area contributed by atoms with Gasteiger partial charge in [-0.25, -0.2) is 0 Å². The van der Waals surface area contributed by atoms with E-state index in [1.807, 2.05) is 0 Å². The van der Waals surface area contributed by atoms with Crippen LogP contribution in [-0.4, -0.2) is 31.5 Å². The van der Waals surface area contributed by atoms with Crippen molar-refractivity contribution in [3.8, 4) is 0 Å². The maximum atomic E-state index is 11.8. The lowest BCUT2D eigenvalue weighted by atomic mass is 10.3. The maximum Gasteiger partial charge on any atom is 0.254 e. The summed E-state index contributed by atoms with van der Waals surface area (Å²) < 4.78 is 5.76. The number of nitrogens with one attached hydrogen (secondary N) is 1. The van der Waals surface area contributed by atoms with Crippen LogP contribution in [0.25, 0.3) is 0 Å². The quantitative estimate of drug-likeness (QED) is 0.849. The number of amides is 1. The van der Waals surface area contributed by atoms with Crippen LogP contribution < -0.4 is 5.32 Å². The number of halogens is 3. The molecule has 0 fully saturated rings. The van der Waals surface area contributed by atoms with Crippen molar-refractivity contribution in [3.05, 3.63) is 20.3 Å². The fraction of sp³-hybridized carbons (Fsp3) is 0.444. The van der Waals surface area contributed by atoms with Crippen molar-refractivity contribution in [1.29, 1.82) is 0 Å². The Morgan fingerprint density at radius 1 is 1.62 bits per heavy atom. The van der Waals surface area contributed by atoms with E-state index in [4.69, 9.17) is 39.5 Å². The Morgan fingerprint density at radius 3 is 2.75 bits per heavy atom. The molecule has 1 amide bonds. The summed E-state index contributed by atoms with van der Waals surface area (Å²) in [6.45, 7) is 0.352. The van der Waals surface area contributed by atoms with Crippen molar-refractivity contribution < 1.29 is 9.53 Å². The van der Waals surface area contributed by atoms with Crippen LogP contribution in [0.2, 0.25) is 8.67 Å². The van der Waals surface area contributed by atoms with Gasteiger partial charge in [-0.05, 0) is 6.07 Å². The van der Waals surface area contributed by atoms with E-state index in [1.165, 1.54) is 6.07 Å². The Hall–Kier alpha value is -0.0000000000000000555. The van der Waals surface area contributed by atoms with Gasteiger partial charge in [-0.2, -0.15) is 0 Å². The van der Waals surface area contributed by atoms with Gasteiger partial charge in [0.25, 0.3) is 5.91 Å². The van der Waals surface area contributed by atoms with E-state index in [2.05, 4.69) is 5.32 Å². The van der Waals surface area contributed by atoms with Crippen molar-refractivity contribution in [1.82, 2.24) is 5.32 Å². The summed E-state index contributed by atoms with van der Waals surface area (Å²) in [5, 5.41) is 2.71. The van der Waals surface area contributed by atoms with E-state index >= 15 is 0 Å². The van der Waals surface area contributed by atoms with Crippen molar-refractivity contribution in [3.63, 3.8) is 0 Å². The van der Waals surface area contributed by atoms with Crippen LogP contribution in [0.5, 0.6) is 0 Å². The molecule has 1 aromatic rings. The third kappa shape index (κ3) is 3.79. The van der Waals surface area contributed by atoms with Gasteiger partial charge in [-0.1, -0.05) is 23.2 Å². The van der Waals surface area contributed by atoms with Gasteiger partial charge in [0.15, 0.2) is 0 Å². The molecule has 1 rings (SSSR count). The highest BCUT2D eigenvalue weighted by Crippen LogP contribution is 2.30. The number of alkyl halides is 1. The van der Waals surface area contributed by atoms with E-state index < -0.39 is 0 Å². The molecule has 0 aliphatic carbocycles. The number of hydrogen-bond acceptors (Lipinski definition) is 3. The van der Waals surface area contributed by atoms with E-state index in [0.29, 0.717) is 20.8 Å². The molecule has 16 heavy (non-hydrogen) atoms. The average Bonchev–Trinajstić information content (AvgIpc) is 2.57. The van der Waals surface area contributed by atoms with Gasteiger partial charge in [0.2, 0.25) is 0 Å². The predicted molar refractivity (Wildman–Crippen MR) is 68.2 cm³/mol. The topological polar surface area (TPSA) is 38.3 Å². The number of carbonyl (C=O) groups is 1. The molecule has 1 heterocycles. The molecular weight excluding hydrogens is 293 g/mol. The van der Waals surface area contributed by atoms with Gasteiger partial charge in [0, 0.05) is 13.0 Å². The SMILES string of the molecule is COCC(CCl)NC(=O)c1cc(Cl)sc1Cl. The molecule has 0 aliphatic heterocycles. The summed E-state index contributed by atoms with van der Waals surface area (Å²) in [6, 6.07) is 1.29. The van der Waals surface area contributed by atoms with Gasteiger partial charge < -0.3 is 10.1 Å². The van der Waals surface area contributed by atoms with Crippen LogP contribution >= 0.6 is 46.1 Å². The van der Waals surface area contributed by atoms with Gasteiger partial charge in [0.05, 0.1) is 22.5 Å². The van der Waals surface area contributed by atoms with Crippen LogP contribution in [0, 0.1) is 0 Å². The summed E-state index contributed by atoms with van der Waals surface area (Å²) in [4.78, 5) is 11.8. The lowest BCUT2D eigenvalue weighted by Gasteiger charge is -2.14. The Bertz CT molecular complexity index is 370. The Kier molecular flexibility index (Phi) is 5.86. The minimum atomic E-state index is -0.296. The standard InChI is InChI=1S/C9H10Cl3NO2S/c1-15-4-5(3-10)13-9(14)6-2-7(11)16-8(6)12/h2,5H,3-4H2,1H3,(H,13,14). The zero-order valence-electron chi connectivity index (χ0n) is 8.43. The molecule has 1 aromatic heterocycles. The molecule has 0 radical (unpaired) electrons. The van der Waals surface area contributed by atoms with Gasteiger partial charge >= 0.3 is 0 Å². The van der Waals surface area contributed by atoms with Crippen LogP contribution in [0.15, 0.2) is 6.07 Å². The first-order valence-electron chi connectivity index (χ1n) is 4.39. The number of hydrogen-bond donors (Lipinski definition) is 1. The Balaban J connectivity index is 2.67. The smallest absolute Gasteiger partial charge is 0.254 e. The summed E-state index contributed by atoms with van der Waals surface area (Å²) in [5.41, 5.74) is 0.364. The van der Waals surface area contributed by atoms with Crippen molar-refractivity contribution >= 4 is 52.0 Å². The maximum absolute atomic E-state index is 11.8. The summed E-state index contributed by atoms with van der Waals surface area (Å²) in [5.74, 6) is -0.0226. The molecule has 90 valence electrons. The highest BCUT2D eigenvalue weighted by Gasteiger charge is 2.17. The first kappa shape index (κ1) is 14.1. The molecule has 1 unspecified atom stereocenters. The molecule has 1 N–H and O–H groups in total. The molecule has 0 aromatic carbocycles. The lowest BCUT2D eigenvalue weighted by molar-refractivity contribution is 0.0907. The van der Waals surface area contributed by atoms with Gasteiger partial charge in [0.1, 0.15) is 4.34 Å². The minimum Gasteiger partial charge on any atom is -0.383 e. The van der Waals surface area contributed by atoms with E-state index in [0.717, 1.165) is 11.3 Å². The second-order valence-corrected chi connectivity index (χ2v) is 5.61. The zero-order chi connectivity index (χ0) is 12.1. The second kappa shape index (κ2) is 6.67. The molecule has 7 heteroatoms. The van der Waals surface area contributed by atoms with Crippen LogP contribution in [0.4, 0.5) is 0 Å². The number of methoxy groups -OCH3 is 1. The third-order valence-corrected chi connectivity index (χ3v) is 3.65. The predicted octanol–water partition coefficient (Wildman–Crippen LogP) is 3.04. The normalized spacial score (nSPS) is 12.5. The Morgan fingerprint density at radius 2 is 2.31 bits per heavy atom. The summed E-state index contributed by atoms with van der Waals surface area (Å²) in [7, 11) is 1.54. The molecule has 0 bridgehead atoms. The first-order chi connectivity index (χ1) is 7.58. The average molecular weight is 303 g/mol. The molecule has 0 aliphatic rings. The number of thiophene rings is 1. The number of rotatable bonds is 5.